The van der Waals surface area contributed by atoms with Crippen molar-refractivity contribution in [3.63, 3.8) is 0 Å². The first-order chi connectivity index (χ1) is 6.59. The fourth-order valence-electron chi connectivity index (χ4n) is 2.49. The zero-order chi connectivity index (χ0) is 10.2. The average molecular weight is 197 g/mol. The van der Waals surface area contributed by atoms with Crippen molar-refractivity contribution < 1.29 is 5.11 Å². The first kappa shape index (κ1) is 10.4. The summed E-state index contributed by atoms with van der Waals surface area (Å²) in [5.74, 6) is 0. The second-order valence-corrected chi connectivity index (χ2v) is 5.72. The van der Waals surface area contributed by atoms with Crippen LogP contribution in [0.15, 0.2) is 0 Å². The summed E-state index contributed by atoms with van der Waals surface area (Å²) in [6, 6.07) is 1.02. The summed E-state index contributed by atoms with van der Waals surface area (Å²) in [7, 11) is 0. The minimum Gasteiger partial charge on any atom is -0.392 e. The van der Waals surface area contributed by atoms with Crippen LogP contribution in [0.1, 0.15) is 52.4 Å². The second-order valence-electron chi connectivity index (χ2n) is 5.72. The van der Waals surface area contributed by atoms with E-state index in [-0.39, 0.29) is 6.10 Å². The van der Waals surface area contributed by atoms with Crippen molar-refractivity contribution in [3.05, 3.63) is 0 Å². The third-order valence-electron chi connectivity index (χ3n) is 3.91. The molecular weight excluding hydrogens is 174 g/mol. The summed E-state index contributed by atoms with van der Waals surface area (Å²) in [4.78, 5) is 0. The summed E-state index contributed by atoms with van der Waals surface area (Å²) in [5.41, 5.74) is 0.478. The third-order valence-corrected chi connectivity index (χ3v) is 3.91. The van der Waals surface area contributed by atoms with Crippen LogP contribution >= 0.6 is 0 Å². The molecule has 2 heteroatoms. The van der Waals surface area contributed by atoms with Gasteiger partial charge in [0.2, 0.25) is 0 Å². The highest BCUT2D eigenvalue weighted by molar-refractivity contribution is 5.03. The van der Waals surface area contributed by atoms with Crippen molar-refractivity contribution in [2.24, 2.45) is 5.41 Å². The Balaban J connectivity index is 1.83. The number of hydrogen-bond donors (Lipinski definition) is 2. The van der Waals surface area contributed by atoms with Gasteiger partial charge in [-0.25, -0.2) is 0 Å². The SMILES string of the molecule is CC1(C)CC1NC1CCCCCC1O. The Morgan fingerprint density at radius 2 is 1.79 bits per heavy atom. The second kappa shape index (κ2) is 3.82. The Hall–Kier alpha value is -0.0800. The summed E-state index contributed by atoms with van der Waals surface area (Å²) in [5, 5.41) is 13.6. The Labute approximate surface area is 87.1 Å². The normalized spacial score (nSPS) is 41.8. The van der Waals surface area contributed by atoms with Gasteiger partial charge in [-0.15, -0.1) is 0 Å². The molecule has 14 heavy (non-hydrogen) atoms. The van der Waals surface area contributed by atoms with E-state index in [1.807, 2.05) is 0 Å². The molecule has 2 fully saturated rings. The van der Waals surface area contributed by atoms with Gasteiger partial charge in [0.1, 0.15) is 0 Å². The predicted molar refractivity (Wildman–Crippen MR) is 58.2 cm³/mol. The highest BCUT2D eigenvalue weighted by atomic mass is 16.3. The molecule has 0 bridgehead atoms. The maximum Gasteiger partial charge on any atom is 0.0693 e. The first-order valence-corrected chi connectivity index (χ1v) is 6.04. The molecule has 0 aliphatic heterocycles. The Kier molecular flexibility index (Phi) is 2.85. The predicted octanol–water partition coefficient (Wildman–Crippen LogP) is 2.07. The molecule has 0 radical (unpaired) electrons. The molecule has 0 heterocycles. The summed E-state index contributed by atoms with van der Waals surface area (Å²) in [6.45, 7) is 4.60. The third kappa shape index (κ3) is 2.29. The molecule has 2 saturated carbocycles. The van der Waals surface area contributed by atoms with Gasteiger partial charge in [-0.05, 0) is 24.7 Å². The lowest BCUT2D eigenvalue weighted by Crippen LogP contribution is -2.41. The van der Waals surface area contributed by atoms with E-state index in [0.717, 1.165) is 12.8 Å². The van der Waals surface area contributed by atoms with E-state index in [0.29, 0.717) is 17.5 Å². The van der Waals surface area contributed by atoms with E-state index < -0.39 is 0 Å². The summed E-state index contributed by atoms with van der Waals surface area (Å²) >= 11 is 0. The number of nitrogens with one attached hydrogen (secondary N) is 1. The van der Waals surface area contributed by atoms with Crippen molar-refractivity contribution in [1.82, 2.24) is 5.32 Å². The molecule has 2 aliphatic carbocycles. The monoisotopic (exact) mass is 197 g/mol. The molecule has 2 aliphatic rings. The molecule has 3 unspecified atom stereocenters. The van der Waals surface area contributed by atoms with Crippen LogP contribution in [0, 0.1) is 5.41 Å². The van der Waals surface area contributed by atoms with Gasteiger partial charge in [0, 0.05) is 12.1 Å². The molecule has 0 aromatic rings. The minimum absolute atomic E-state index is 0.103. The lowest BCUT2D eigenvalue weighted by atomic mass is 10.1. The largest absolute Gasteiger partial charge is 0.392 e. The van der Waals surface area contributed by atoms with Crippen molar-refractivity contribution in [3.8, 4) is 0 Å². The number of aliphatic hydroxyl groups is 1. The lowest BCUT2D eigenvalue weighted by Gasteiger charge is -2.22. The van der Waals surface area contributed by atoms with Gasteiger partial charge in [0.05, 0.1) is 6.10 Å². The van der Waals surface area contributed by atoms with Gasteiger partial charge in [0.15, 0.2) is 0 Å². The van der Waals surface area contributed by atoms with E-state index in [4.69, 9.17) is 0 Å². The van der Waals surface area contributed by atoms with Crippen molar-refractivity contribution in [2.75, 3.05) is 0 Å². The van der Waals surface area contributed by atoms with Crippen molar-refractivity contribution in [1.29, 1.82) is 0 Å². The zero-order valence-electron chi connectivity index (χ0n) is 9.42. The highest BCUT2D eigenvalue weighted by Crippen LogP contribution is 2.45. The lowest BCUT2D eigenvalue weighted by molar-refractivity contribution is 0.117. The molecular formula is C12H23NO. The molecule has 0 amide bonds. The molecule has 2 nitrogen and oxygen atoms in total. The summed E-state index contributed by atoms with van der Waals surface area (Å²) < 4.78 is 0. The fraction of sp³-hybridized carbons (Fsp3) is 1.00. The van der Waals surface area contributed by atoms with Crippen LogP contribution in [0.5, 0.6) is 0 Å². The highest BCUT2D eigenvalue weighted by Gasteiger charge is 2.46. The molecule has 0 aromatic carbocycles. The minimum atomic E-state index is -0.103. The molecule has 0 saturated heterocycles. The van der Waals surface area contributed by atoms with Gasteiger partial charge in [-0.1, -0.05) is 33.1 Å². The molecule has 2 rings (SSSR count). The number of hydrogen-bond acceptors (Lipinski definition) is 2. The van der Waals surface area contributed by atoms with E-state index in [9.17, 15) is 5.11 Å². The Bertz CT molecular complexity index is 202. The zero-order valence-corrected chi connectivity index (χ0v) is 9.42. The van der Waals surface area contributed by atoms with Crippen LogP contribution in [0.25, 0.3) is 0 Å². The quantitative estimate of drug-likeness (QED) is 0.664. The van der Waals surface area contributed by atoms with Gasteiger partial charge >= 0.3 is 0 Å². The first-order valence-electron chi connectivity index (χ1n) is 6.04. The maximum absolute atomic E-state index is 9.93. The molecule has 0 aromatic heterocycles. The van der Waals surface area contributed by atoms with E-state index in [1.54, 1.807) is 0 Å². The topological polar surface area (TPSA) is 32.3 Å². The van der Waals surface area contributed by atoms with Gasteiger partial charge in [-0.3, -0.25) is 0 Å². The van der Waals surface area contributed by atoms with Crippen molar-refractivity contribution >= 4 is 0 Å². The fourth-order valence-corrected chi connectivity index (χ4v) is 2.49. The van der Waals surface area contributed by atoms with Crippen LogP contribution in [-0.2, 0) is 0 Å². The maximum atomic E-state index is 9.93. The summed E-state index contributed by atoms with van der Waals surface area (Å²) in [6.07, 6.45) is 7.10. The van der Waals surface area contributed by atoms with Gasteiger partial charge < -0.3 is 10.4 Å². The Morgan fingerprint density at radius 1 is 1.14 bits per heavy atom. The van der Waals surface area contributed by atoms with E-state index >= 15 is 0 Å². The van der Waals surface area contributed by atoms with E-state index in [2.05, 4.69) is 19.2 Å². The van der Waals surface area contributed by atoms with Crippen LogP contribution in [0.2, 0.25) is 0 Å². The average Bonchev–Trinajstić information content (AvgIpc) is 2.75. The van der Waals surface area contributed by atoms with Crippen molar-refractivity contribution in [2.45, 2.75) is 70.6 Å². The van der Waals surface area contributed by atoms with Crippen LogP contribution in [-0.4, -0.2) is 23.3 Å². The number of aliphatic hydroxyl groups excluding tert-OH is 1. The van der Waals surface area contributed by atoms with Gasteiger partial charge in [-0.2, -0.15) is 0 Å². The number of rotatable bonds is 2. The standard InChI is InChI=1S/C12H23NO/c1-12(2)8-11(12)13-9-6-4-3-5-7-10(9)14/h9-11,13-14H,3-8H2,1-2H3. The smallest absolute Gasteiger partial charge is 0.0693 e. The molecule has 82 valence electrons. The molecule has 0 spiro atoms. The van der Waals surface area contributed by atoms with Crippen LogP contribution in [0.3, 0.4) is 0 Å². The Morgan fingerprint density at radius 3 is 2.43 bits per heavy atom. The molecule has 2 N–H and O–H groups in total. The van der Waals surface area contributed by atoms with Crippen LogP contribution < -0.4 is 5.32 Å². The van der Waals surface area contributed by atoms with Gasteiger partial charge in [0.25, 0.3) is 0 Å². The van der Waals surface area contributed by atoms with E-state index in [1.165, 1.54) is 25.7 Å². The van der Waals surface area contributed by atoms with Crippen LogP contribution in [0.4, 0.5) is 0 Å². The molecule has 3 atom stereocenters.